The van der Waals surface area contributed by atoms with Crippen molar-refractivity contribution in [1.82, 2.24) is 19.9 Å². The highest BCUT2D eigenvalue weighted by atomic mass is 16.2. The average Bonchev–Trinajstić information content (AvgIpc) is 3.17. The number of urea groups is 1. The second-order valence-corrected chi connectivity index (χ2v) is 7.82. The number of carbonyl (C=O) groups excluding carboxylic acids is 1. The molecule has 0 aliphatic carbocycles. The zero-order valence-corrected chi connectivity index (χ0v) is 18.5. The van der Waals surface area contributed by atoms with Crippen molar-refractivity contribution in [3.8, 4) is 11.3 Å². The van der Waals surface area contributed by atoms with Crippen molar-refractivity contribution in [3.63, 3.8) is 0 Å². The lowest BCUT2D eigenvalue weighted by Crippen LogP contribution is -2.30. The molecule has 0 atom stereocenters. The maximum atomic E-state index is 12.0. The van der Waals surface area contributed by atoms with E-state index in [1.165, 1.54) is 0 Å². The van der Waals surface area contributed by atoms with Crippen LogP contribution >= 0.6 is 0 Å². The molecule has 7 nitrogen and oxygen atoms in total. The number of nitrogens with zero attached hydrogens (tertiary/aromatic N) is 3. The quantitative estimate of drug-likeness (QED) is 0.294. The second-order valence-electron chi connectivity index (χ2n) is 7.82. The minimum atomic E-state index is -0.251. The maximum Gasteiger partial charge on any atom is 0.319 e. The zero-order chi connectivity index (χ0) is 23.2. The molecule has 4 aromatic rings. The van der Waals surface area contributed by atoms with Crippen molar-refractivity contribution < 1.29 is 4.79 Å². The number of nitrogens with one attached hydrogen (secondary N) is 3. The minimum Gasteiger partial charge on any atom is -0.370 e. The largest absolute Gasteiger partial charge is 0.370 e. The monoisotopic (exact) mass is 434 g/mol. The van der Waals surface area contributed by atoms with E-state index in [4.69, 9.17) is 20.7 Å². The van der Waals surface area contributed by atoms with Crippen molar-refractivity contribution in [2.24, 2.45) is 0 Å². The highest BCUT2D eigenvalue weighted by Gasteiger charge is 2.11. The fraction of sp³-hybridized carbons (Fsp3) is 0.208. The van der Waals surface area contributed by atoms with Crippen LogP contribution < -0.4 is 26.9 Å². The molecule has 2 aromatic heterocycles. The first-order valence-electron chi connectivity index (χ1n) is 10.9. The van der Waals surface area contributed by atoms with E-state index in [2.05, 4.69) is 34.0 Å². The molecule has 0 aliphatic heterocycles. The van der Waals surface area contributed by atoms with Crippen LogP contribution in [0.1, 0.15) is 18.4 Å². The van der Waals surface area contributed by atoms with Gasteiger partial charge >= 0.3 is 6.03 Å². The lowest BCUT2D eigenvalue weighted by atomic mass is 9.96. The number of amides is 2. The van der Waals surface area contributed by atoms with Gasteiger partial charge in [0.25, 0.3) is 0 Å². The van der Waals surface area contributed by atoms with Crippen LogP contribution in [-0.4, -0.2) is 49.4 Å². The summed E-state index contributed by atoms with van der Waals surface area (Å²) in [5.74, 6) is 0.822. The highest BCUT2D eigenvalue weighted by Crippen LogP contribution is 2.24. The second kappa shape index (κ2) is 10.3. The summed E-state index contributed by atoms with van der Waals surface area (Å²) >= 11 is 0. The number of rotatable bonds is 8. The van der Waals surface area contributed by atoms with Gasteiger partial charge in [-0.2, -0.15) is 9.61 Å². The molecule has 0 spiro atoms. The molecular formula is C24H24B2N6O. The topological polar surface area (TPSA) is 83.4 Å². The molecule has 0 bridgehead atoms. The predicted octanol–water partition coefficient (Wildman–Crippen LogP) is 2.31. The van der Waals surface area contributed by atoms with Gasteiger partial charge in [0.05, 0.1) is 5.69 Å². The Hall–Kier alpha value is -3.74. The molecule has 2 aromatic carbocycles. The van der Waals surface area contributed by atoms with Crippen molar-refractivity contribution in [3.05, 3.63) is 66.4 Å². The number of benzene rings is 2. The van der Waals surface area contributed by atoms with Crippen molar-refractivity contribution >= 4 is 49.8 Å². The van der Waals surface area contributed by atoms with Crippen LogP contribution in [0.3, 0.4) is 0 Å². The third-order valence-electron chi connectivity index (χ3n) is 5.26. The molecular weight excluding hydrogens is 410 g/mol. The molecule has 33 heavy (non-hydrogen) atoms. The Kier molecular flexibility index (Phi) is 6.98. The van der Waals surface area contributed by atoms with Gasteiger partial charge in [0.2, 0.25) is 0 Å². The SMILES string of the molecule is [B]c1cccc(NC(=O)NCCCCNc2cc(-c3ccccc3C)nc3c([B])cnn23)c1. The average molecular weight is 434 g/mol. The van der Waals surface area contributed by atoms with E-state index >= 15 is 0 Å². The summed E-state index contributed by atoms with van der Waals surface area (Å²) in [7, 11) is 11.8. The Morgan fingerprint density at radius 2 is 1.85 bits per heavy atom. The molecule has 0 aliphatic rings. The number of carbonyl (C=O) groups is 1. The van der Waals surface area contributed by atoms with Gasteiger partial charge in [0.15, 0.2) is 5.65 Å². The fourth-order valence-electron chi connectivity index (χ4n) is 3.56. The summed E-state index contributed by atoms with van der Waals surface area (Å²) in [5, 5.41) is 13.4. The molecule has 4 radical (unpaired) electrons. The Balaban J connectivity index is 1.32. The summed E-state index contributed by atoms with van der Waals surface area (Å²) in [6.45, 7) is 3.33. The number of hydrogen-bond donors (Lipinski definition) is 3. The third kappa shape index (κ3) is 5.55. The summed E-state index contributed by atoms with van der Waals surface area (Å²) in [4.78, 5) is 16.7. The Labute approximate surface area is 195 Å². The van der Waals surface area contributed by atoms with Crippen LogP contribution in [0.2, 0.25) is 0 Å². The van der Waals surface area contributed by atoms with Gasteiger partial charge in [-0.1, -0.05) is 41.9 Å². The molecule has 0 unspecified atom stereocenters. The Morgan fingerprint density at radius 1 is 1.03 bits per heavy atom. The summed E-state index contributed by atoms with van der Waals surface area (Å²) < 4.78 is 1.72. The van der Waals surface area contributed by atoms with Crippen molar-refractivity contribution in [1.29, 1.82) is 0 Å². The van der Waals surface area contributed by atoms with Gasteiger partial charge in [-0.25, -0.2) is 9.78 Å². The highest BCUT2D eigenvalue weighted by molar-refractivity contribution is 6.36. The number of unbranched alkanes of at least 4 members (excludes halogenated alkanes) is 1. The van der Waals surface area contributed by atoms with Crippen LogP contribution in [0.4, 0.5) is 16.3 Å². The third-order valence-corrected chi connectivity index (χ3v) is 5.26. The first-order chi connectivity index (χ1) is 16.0. The van der Waals surface area contributed by atoms with Gasteiger partial charge in [-0.15, -0.1) is 0 Å². The van der Waals surface area contributed by atoms with E-state index in [1.54, 1.807) is 35.0 Å². The first-order valence-corrected chi connectivity index (χ1v) is 10.9. The van der Waals surface area contributed by atoms with E-state index in [9.17, 15) is 4.79 Å². The molecule has 0 saturated carbocycles. The predicted molar refractivity (Wildman–Crippen MR) is 135 cm³/mol. The van der Waals surface area contributed by atoms with Crippen LogP contribution in [0.25, 0.3) is 16.9 Å². The number of fused-ring (bicyclic) bond motifs is 1. The van der Waals surface area contributed by atoms with Crippen molar-refractivity contribution in [2.75, 3.05) is 23.7 Å². The van der Waals surface area contributed by atoms with E-state index in [0.29, 0.717) is 35.3 Å². The summed E-state index contributed by atoms with van der Waals surface area (Å²) in [6, 6.07) is 16.9. The summed E-state index contributed by atoms with van der Waals surface area (Å²) in [6.07, 6.45) is 3.29. The molecule has 2 amide bonds. The Bertz CT molecular complexity index is 1270. The lowest BCUT2D eigenvalue weighted by Gasteiger charge is -2.12. The van der Waals surface area contributed by atoms with Crippen LogP contribution in [0, 0.1) is 6.92 Å². The molecule has 9 heteroatoms. The van der Waals surface area contributed by atoms with Gasteiger partial charge in [-0.3, -0.25) is 0 Å². The molecule has 3 N–H and O–H groups in total. The maximum absolute atomic E-state index is 12.0. The first kappa shape index (κ1) is 22.5. The van der Waals surface area contributed by atoms with E-state index in [0.717, 1.165) is 35.5 Å². The van der Waals surface area contributed by atoms with Gasteiger partial charge in [0.1, 0.15) is 21.5 Å². The van der Waals surface area contributed by atoms with E-state index < -0.39 is 0 Å². The molecule has 162 valence electrons. The number of aromatic nitrogens is 3. The number of anilines is 2. The summed E-state index contributed by atoms with van der Waals surface area (Å²) in [5.41, 5.74) is 5.46. The molecule has 0 saturated heterocycles. The van der Waals surface area contributed by atoms with Crippen LogP contribution in [0.15, 0.2) is 60.8 Å². The number of hydrogen-bond acceptors (Lipinski definition) is 4. The standard InChI is InChI=1S/C24H24B2N6O/c1-16-7-2-3-10-19(16)21-14-22(32-23(31-21)20(26)15-29-32)27-11-4-5-12-28-24(33)30-18-9-6-8-17(25)13-18/h2-3,6-10,13-15,27H,4-5,11-12H2,1H3,(H2,28,30,33). The number of aryl methyl sites for hydroxylation is 1. The van der Waals surface area contributed by atoms with Gasteiger partial charge in [0, 0.05) is 36.6 Å². The normalized spacial score (nSPS) is 10.8. The van der Waals surface area contributed by atoms with E-state index in [1.807, 2.05) is 24.3 Å². The minimum absolute atomic E-state index is 0.251. The van der Waals surface area contributed by atoms with Crippen LogP contribution in [-0.2, 0) is 0 Å². The fourth-order valence-corrected chi connectivity index (χ4v) is 3.56. The van der Waals surface area contributed by atoms with Gasteiger partial charge in [-0.05, 0) is 42.9 Å². The van der Waals surface area contributed by atoms with Crippen molar-refractivity contribution in [2.45, 2.75) is 19.8 Å². The lowest BCUT2D eigenvalue weighted by molar-refractivity contribution is 0.252. The molecule has 0 fully saturated rings. The Morgan fingerprint density at radius 3 is 2.67 bits per heavy atom. The molecule has 4 rings (SSSR count). The van der Waals surface area contributed by atoms with Gasteiger partial charge < -0.3 is 16.0 Å². The smallest absolute Gasteiger partial charge is 0.319 e. The molecule has 2 heterocycles. The zero-order valence-electron chi connectivity index (χ0n) is 18.5. The van der Waals surface area contributed by atoms with Crippen LogP contribution in [0.5, 0.6) is 0 Å². The van der Waals surface area contributed by atoms with E-state index in [-0.39, 0.29) is 6.03 Å².